The fourth-order valence-electron chi connectivity index (χ4n) is 2.70. The Hall–Kier alpha value is -1.58. The van der Waals surface area contributed by atoms with Crippen molar-refractivity contribution >= 4 is 0 Å². The summed E-state index contributed by atoms with van der Waals surface area (Å²) in [6.07, 6.45) is 5.65. The van der Waals surface area contributed by atoms with Crippen LogP contribution in [0.2, 0.25) is 0 Å². The zero-order valence-corrected chi connectivity index (χ0v) is 11.6. The van der Waals surface area contributed by atoms with E-state index in [-0.39, 0.29) is 6.04 Å². The van der Waals surface area contributed by atoms with Crippen molar-refractivity contribution in [2.75, 3.05) is 13.2 Å². The maximum Gasteiger partial charge on any atom is 0.125 e. The molecule has 1 N–H and O–H groups in total. The molecule has 2 atom stereocenters. The molecule has 0 spiro atoms. The van der Waals surface area contributed by atoms with E-state index >= 15 is 0 Å². The molecular weight excluding hydrogens is 250 g/mol. The SMILES string of the molecule is c1ccc(C(NCC2CCCCO2)c2ccco2)cc1. The van der Waals surface area contributed by atoms with E-state index in [1.165, 1.54) is 18.4 Å². The van der Waals surface area contributed by atoms with Crippen molar-refractivity contribution in [3.63, 3.8) is 0 Å². The summed E-state index contributed by atoms with van der Waals surface area (Å²) in [4.78, 5) is 0. The van der Waals surface area contributed by atoms with Gasteiger partial charge in [-0.3, -0.25) is 0 Å². The fraction of sp³-hybridized carbons (Fsp3) is 0.412. The van der Waals surface area contributed by atoms with Crippen LogP contribution in [0.4, 0.5) is 0 Å². The van der Waals surface area contributed by atoms with Gasteiger partial charge in [-0.1, -0.05) is 30.3 Å². The number of hydrogen-bond donors (Lipinski definition) is 1. The van der Waals surface area contributed by atoms with Crippen molar-refractivity contribution < 1.29 is 9.15 Å². The molecule has 0 aliphatic carbocycles. The molecular formula is C17H21NO2. The number of rotatable bonds is 5. The molecule has 1 aromatic heterocycles. The lowest BCUT2D eigenvalue weighted by atomic mass is 10.0. The lowest BCUT2D eigenvalue weighted by Gasteiger charge is -2.25. The Bertz CT molecular complexity index is 489. The first-order valence-corrected chi connectivity index (χ1v) is 7.37. The summed E-state index contributed by atoms with van der Waals surface area (Å²) in [6.45, 7) is 1.75. The van der Waals surface area contributed by atoms with Crippen LogP contribution in [0.25, 0.3) is 0 Å². The summed E-state index contributed by atoms with van der Waals surface area (Å²) in [5.74, 6) is 0.951. The van der Waals surface area contributed by atoms with Crippen LogP contribution in [0.5, 0.6) is 0 Å². The van der Waals surface area contributed by atoms with E-state index in [2.05, 4.69) is 29.6 Å². The summed E-state index contributed by atoms with van der Waals surface area (Å²) < 4.78 is 11.4. The van der Waals surface area contributed by atoms with Gasteiger partial charge in [-0.05, 0) is 37.0 Å². The smallest absolute Gasteiger partial charge is 0.125 e. The molecule has 2 aromatic rings. The van der Waals surface area contributed by atoms with Gasteiger partial charge in [0, 0.05) is 13.2 Å². The van der Waals surface area contributed by atoms with Gasteiger partial charge < -0.3 is 14.5 Å². The maximum absolute atomic E-state index is 5.79. The highest BCUT2D eigenvalue weighted by Crippen LogP contribution is 2.23. The molecule has 0 saturated carbocycles. The van der Waals surface area contributed by atoms with Crippen LogP contribution in [0.1, 0.15) is 36.6 Å². The first kappa shape index (κ1) is 13.4. The van der Waals surface area contributed by atoms with Crippen molar-refractivity contribution in [1.82, 2.24) is 5.32 Å². The topological polar surface area (TPSA) is 34.4 Å². The van der Waals surface area contributed by atoms with Crippen molar-refractivity contribution in [3.8, 4) is 0 Å². The van der Waals surface area contributed by atoms with Crippen LogP contribution in [0, 0.1) is 0 Å². The number of hydrogen-bond acceptors (Lipinski definition) is 3. The van der Waals surface area contributed by atoms with Gasteiger partial charge in [0.05, 0.1) is 18.4 Å². The van der Waals surface area contributed by atoms with Gasteiger partial charge in [-0.15, -0.1) is 0 Å². The van der Waals surface area contributed by atoms with Crippen LogP contribution in [0.15, 0.2) is 53.1 Å². The van der Waals surface area contributed by atoms with Crippen LogP contribution < -0.4 is 5.32 Å². The third-order valence-corrected chi connectivity index (χ3v) is 3.78. The van der Waals surface area contributed by atoms with E-state index in [0.29, 0.717) is 6.10 Å². The molecule has 1 aliphatic heterocycles. The number of nitrogens with one attached hydrogen (secondary N) is 1. The third kappa shape index (κ3) is 3.30. The Morgan fingerprint density at radius 2 is 2.00 bits per heavy atom. The van der Waals surface area contributed by atoms with E-state index < -0.39 is 0 Å². The minimum atomic E-state index is 0.0942. The Balaban J connectivity index is 1.69. The highest BCUT2D eigenvalue weighted by molar-refractivity contribution is 5.26. The van der Waals surface area contributed by atoms with Crippen molar-refractivity contribution in [2.45, 2.75) is 31.4 Å². The van der Waals surface area contributed by atoms with Gasteiger partial charge in [-0.25, -0.2) is 0 Å². The predicted octanol–water partition coefficient (Wildman–Crippen LogP) is 3.53. The van der Waals surface area contributed by atoms with E-state index in [1.807, 2.05) is 18.2 Å². The van der Waals surface area contributed by atoms with Crippen LogP contribution in [0.3, 0.4) is 0 Å². The molecule has 0 amide bonds. The molecule has 106 valence electrons. The molecule has 2 heterocycles. The normalized spacial score (nSPS) is 20.7. The summed E-state index contributed by atoms with van der Waals surface area (Å²) >= 11 is 0. The minimum absolute atomic E-state index is 0.0942. The van der Waals surface area contributed by atoms with Crippen LogP contribution >= 0.6 is 0 Å². The van der Waals surface area contributed by atoms with E-state index in [1.54, 1.807) is 6.26 Å². The largest absolute Gasteiger partial charge is 0.467 e. The van der Waals surface area contributed by atoms with E-state index in [9.17, 15) is 0 Å². The first-order valence-electron chi connectivity index (χ1n) is 7.37. The highest BCUT2D eigenvalue weighted by atomic mass is 16.5. The van der Waals surface area contributed by atoms with Gasteiger partial charge >= 0.3 is 0 Å². The molecule has 1 aliphatic rings. The molecule has 2 unspecified atom stereocenters. The van der Waals surface area contributed by atoms with E-state index in [0.717, 1.165) is 25.3 Å². The quantitative estimate of drug-likeness (QED) is 0.903. The standard InChI is InChI=1S/C17H21NO2/c1-2-7-14(8-3-1)17(16-10-6-12-20-16)18-13-15-9-4-5-11-19-15/h1-3,6-8,10,12,15,17-18H,4-5,9,11,13H2. The zero-order chi connectivity index (χ0) is 13.6. The van der Waals surface area contributed by atoms with Gasteiger partial charge in [0.15, 0.2) is 0 Å². The Morgan fingerprint density at radius 3 is 2.70 bits per heavy atom. The average Bonchev–Trinajstić information content (AvgIpc) is 3.04. The summed E-state index contributed by atoms with van der Waals surface area (Å²) in [5, 5.41) is 3.59. The molecule has 3 heteroatoms. The molecule has 0 bridgehead atoms. The third-order valence-electron chi connectivity index (χ3n) is 3.78. The van der Waals surface area contributed by atoms with E-state index in [4.69, 9.17) is 9.15 Å². The molecule has 1 aromatic carbocycles. The second kappa shape index (κ2) is 6.73. The molecule has 3 nitrogen and oxygen atoms in total. The highest BCUT2D eigenvalue weighted by Gasteiger charge is 2.19. The fourth-order valence-corrected chi connectivity index (χ4v) is 2.70. The molecule has 20 heavy (non-hydrogen) atoms. The van der Waals surface area contributed by atoms with Crippen molar-refractivity contribution in [1.29, 1.82) is 0 Å². The van der Waals surface area contributed by atoms with Gasteiger partial charge in [0.1, 0.15) is 5.76 Å². The minimum Gasteiger partial charge on any atom is -0.467 e. The monoisotopic (exact) mass is 271 g/mol. The Labute approximate surface area is 119 Å². The lowest BCUT2D eigenvalue weighted by molar-refractivity contribution is 0.0157. The van der Waals surface area contributed by atoms with Crippen LogP contribution in [-0.4, -0.2) is 19.3 Å². The van der Waals surface area contributed by atoms with Gasteiger partial charge in [0.2, 0.25) is 0 Å². The van der Waals surface area contributed by atoms with Crippen molar-refractivity contribution in [2.24, 2.45) is 0 Å². The summed E-state index contributed by atoms with van der Waals surface area (Å²) in [6, 6.07) is 14.5. The summed E-state index contributed by atoms with van der Waals surface area (Å²) in [5.41, 5.74) is 1.22. The van der Waals surface area contributed by atoms with Crippen LogP contribution in [-0.2, 0) is 4.74 Å². The van der Waals surface area contributed by atoms with Gasteiger partial charge in [0.25, 0.3) is 0 Å². The molecule has 3 rings (SSSR count). The maximum atomic E-state index is 5.79. The second-order valence-corrected chi connectivity index (χ2v) is 5.26. The Kier molecular flexibility index (Phi) is 4.51. The average molecular weight is 271 g/mol. The predicted molar refractivity (Wildman–Crippen MR) is 78.6 cm³/mol. The summed E-state index contributed by atoms with van der Waals surface area (Å²) in [7, 11) is 0. The second-order valence-electron chi connectivity index (χ2n) is 5.26. The first-order chi connectivity index (χ1) is 9.93. The van der Waals surface area contributed by atoms with Gasteiger partial charge in [-0.2, -0.15) is 0 Å². The molecule has 1 saturated heterocycles. The number of furan rings is 1. The number of benzene rings is 1. The number of ether oxygens (including phenoxy) is 1. The zero-order valence-electron chi connectivity index (χ0n) is 11.6. The molecule has 1 fully saturated rings. The van der Waals surface area contributed by atoms with Crippen molar-refractivity contribution in [3.05, 3.63) is 60.1 Å². The Morgan fingerprint density at radius 1 is 1.10 bits per heavy atom. The lowest BCUT2D eigenvalue weighted by Crippen LogP contribution is -2.34. The molecule has 0 radical (unpaired) electrons.